The number of esters is 1. The van der Waals surface area contributed by atoms with Crippen LogP contribution in [-0.4, -0.2) is 136 Å². The van der Waals surface area contributed by atoms with Crippen LogP contribution in [0.4, 0.5) is 4.79 Å². The van der Waals surface area contributed by atoms with Gasteiger partial charge in [-0.2, -0.15) is 0 Å². The molecular formula is C45H68N4O11S. The van der Waals surface area contributed by atoms with E-state index >= 15 is 0 Å². The monoisotopic (exact) mass is 872 g/mol. The predicted octanol–water partition coefficient (Wildman–Crippen LogP) is 5.28. The molecule has 0 aliphatic carbocycles. The second-order valence-electron chi connectivity index (χ2n) is 17.8. The summed E-state index contributed by atoms with van der Waals surface area (Å²) in [6, 6.07) is 5.37. The van der Waals surface area contributed by atoms with Crippen LogP contribution in [0.2, 0.25) is 0 Å². The Kier molecular flexibility index (Phi) is 16.7. The maximum atomic E-state index is 13.9. The number of nitrogens with zero attached hydrogens (tertiary/aromatic N) is 3. The van der Waals surface area contributed by atoms with E-state index in [9.17, 15) is 24.9 Å². The summed E-state index contributed by atoms with van der Waals surface area (Å²) >= 11 is 1.42. The van der Waals surface area contributed by atoms with Crippen LogP contribution in [0.15, 0.2) is 54.4 Å². The first-order valence-electron chi connectivity index (χ1n) is 21.4. The lowest BCUT2D eigenvalue weighted by Crippen LogP contribution is -2.60. The number of aliphatic hydroxyl groups is 3. The molecule has 16 heteroatoms. The molecule has 61 heavy (non-hydrogen) atoms. The Morgan fingerprint density at radius 1 is 1.10 bits per heavy atom. The number of cyclic esters (lactones) is 1. The molecule has 5 heterocycles. The van der Waals surface area contributed by atoms with Gasteiger partial charge in [-0.1, -0.05) is 45.9 Å². The van der Waals surface area contributed by atoms with E-state index in [1.54, 1.807) is 33.2 Å². The van der Waals surface area contributed by atoms with Crippen LogP contribution >= 0.6 is 11.3 Å². The largest absolute Gasteiger partial charge is 0.459 e. The van der Waals surface area contributed by atoms with Gasteiger partial charge in [-0.3, -0.25) is 9.78 Å². The van der Waals surface area contributed by atoms with Gasteiger partial charge in [0.25, 0.3) is 0 Å². The number of rotatable bonds is 9. The minimum Gasteiger partial charge on any atom is -0.459 e. The Bertz CT molecular complexity index is 1810. The normalized spacial score (nSPS) is 37.6. The summed E-state index contributed by atoms with van der Waals surface area (Å²) in [4.78, 5) is 38.6. The molecule has 2 bridgehead atoms. The third kappa shape index (κ3) is 11.6. The molecule has 15 nitrogen and oxygen atoms in total. The fraction of sp³-hybridized carbons (Fsp3) is 0.689. The molecule has 0 aromatic carbocycles. The molecule has 0 spiro atoms. The molecule has 2 aromatic rings. The highest BCUT2D eigenvalue weighted by Gasteiger charge is 2.52. The number of amides is 1. The van der Waals surface area contributed by atoms with E-state index < -0.39 is 77.8 Å². The molecule has 0 radical (unpaired) electrons. The Hall–Kier alpha value is -3.32. The summed E-state index contributed by atoms with van der Waals surface area (Å²) in [5.41, 5.74) is -0.762. The van der Waals surface area contributed by atoms with Gasteiger partial charge in [0, 0.05) is 30.3 Å². The van der Waals surface area contributed by atoms with Crippen LogP contribution in [-0.2, 0) is 39.8 Å². The van der Waals surface area contributed by atoms with Crippen molar-refractivity contribution in [3.05, 3.63) is 59.4 Å². The first-order valence-corrected chi connectivity index (χ1v) is 22.2. The third-order valence-corrected chi connectivity index (χ3v) is 13.7. The van der Waals surface area contributed by atoms with Crippen molar-refractivity contribution < 1.29 is 53.3 Å². The van der Waals surface area contributed by atoms with Crippen molar-refractivity contribution in [3.63, 3.8) is 0 Å². The van der Waals surface area contributed by atoms with Crippen LogP contribution in [0.3, 0.4) is 0 Å². The van der Waals surface area contributed by atoms with Gasteiger partial charge in [-0.25, -0.2) is 9.78 Å². The van der Waals surface area contributed by atoms with E-state index in [0.29, 0.717) is 23.4 Å². The molecule has 5 rings (SSSR count). The lowest BCUT2D eigenvalue weighted by molar-refractivity contribution is -0.303. The van der Waals surface area contributed by atoms with Gasteiger partial charge < -0.3 is 54.0 Å². The lowest BCUT2D eigenvalue weighted by Gasteiger charge is -2.48. The van der Waals surface area contributed by atoms with Crippen molar-refractivity contribution in [1.29, 1.82) is 0 Å². The Labute approximate surface area is 364 Å². The quantitative estimate of drug-likeness (QED) is 0.188. The number of hydrogen-bond donors (Lipinski definition) is 4. The first-order chi connectivity index (χ1) is 28.8. The highest BCUT2D eigenvalue weighted by atomic mass is 32.1. The van der Waals surface area contributed by atoms with Gasteiger partial charge in [0.1, 0.15) is 29.4 Å². The Balaban J connectivity index is 1.51. The summed E-state index contributed by atoms with van der Waals surface area (Å²) in [5, 5.41) is 39.6. The SMILES string of the molecule is C=C1COC2[C@@H](C)/C(=C/COC(=O)NCc3ncc(-c4ccccn4)s3)[C@H](C)C[C@@](C)(OC1)[C@H](OC1O[C@H](C)C[C@H](N(C)C)[C@H]1O)[C@@H](C)[C@H](O)[C@@H](C)C(=O)O[C@H](CC)[C@@]2(C)O. The van der Waals surface area contributed by atoms with Crippen LogP contribution in [0.1, 0.15) is 79.7 Å². The number of likely N-dealkylation sites (N-methyl/N-ethyl adjacent to an activating group) is 1. The maximum Gasteiger partial charge on any atom is 0.407 e. The number of carbonyl (C=O) groups is 2. The number of ether oxygens (including phenoxy) is 6. The van der Waals surface area contributed by atoms with Gasteiger partial charge in [0.15, 0.2) is 6.29 Å². The second-order valence-corrected chi connectivity index (χ2v) is 18.9. The van der Waals surface area contributed by atoms with Crippen molar-refractivity contribution in [3.8, 4) is 10.6 Å². The molecule has 4 N–H and O–H groups in total. The Morgan fingerprint density at radius 3 is 2.51 bits per heavy atom. The molecule has 3 aliphatic heterocycles. The molecule has 2 unspecified atom stereocenters. The van der Waals surface area contributed by atoms with Crippen LogP contribution in [0, 0.1) is 23.7 Å². The summed E-state index contributed by atoms with van der Waals surface area (Å²) in [6.45, 7) is 18.9. The Morgan fingerprint density at radius 2 is 1.84 bits per heavy atom. The van der Waals surface area contributed by atoms with Gasteiger partial charge >= 0.3 is 12.1 Å². The van der Waals surface area contributed by atoms with E-state index in [2.05, 4.69) is 21.9 Å². The summed E-state index contributed by atoms with van der Waals surface area (Å²) in [7, 11) is 3.79. The summed E-state index contributed by atoms with van der Waals surface area (Å²) in [6.07, 6.45) is -0.835. The maximum absolute atomic E-state index is 13.9. The van der Waals surface area contributed by atoms with Gasteiger partial charge in [-0.15, -0.1) is 11.3 Å². The zero-order valence-electron chi connectivity index (χ0n) is 37.4. The fourth-order valence-corrected chi connectivity index (χ4v) is 10.0. The molecular weight excluding hydrogens is 805 g/mol. The minimum atomic E-state index is -1.72. The summed E-state index contributed by atoms with van der Waals surface area (Å²) < 4.78 is 38.3. The van der Waals surface area contributed by atoms with Crippen molar-refractivity contribution in [2.45, 2.75) is 141 Å². The van der Waals surface area contributed by atoms with E-state index in [4.69, 9.17) is 28.4 Å². The fourth-order valence-electron chi connectivity index (χ4n) is 9.20. The van der Waals surface area contributed by atoms with E-state index in [1.165, 1.54) is 11.3 Å². The number of aromatic nitrogens is 2. The molecule has 3 aliphatic rings. The number of carbonyl (C=O) groups excluding carboxylic acids is 2. The van der Waals surface area contributed by atoms with Crippen molar-refractivity contribution in [1.82, 2.24) is 20.2 Å². The average molecular weight is 873 g/mol. The van der Waals surface area contributed by atoms with E-state index in [0.717, 1.165) is 16.1 Å². The van der Waals surface area contributed by atoms with Gasteiger partial charge in [-0.05, 0) is 90.8 Å². The smallest absolute Gasteiger partial charge is 0.407 e. The zero-order chi connectivity index (χ0) is 44.8. The topological polar surface area (TPSA) is 191 Å². The number of thiazole rings is 1. The number of aliphatic hydroxyl groups excluding tert-OH is 2. The lowest BCUT2D eigenvalue weighted by atomic mass is 9.72. The molecule has 1 amide bonds. The number of nitrogens with one attached hydrogen (secondary N) is 1. The molecule has 3 saturated heterocycles. The number of pyridine rings is 1. The van der Waals surface area contributed by atoms with Crippen LogP contribution in [0.5, 0.6) is 0 Å². The average Bonchev–Trinajstić information content (AvgIpc) is 3.70. The first kappa shape index (κ1) is 48.7. The van der Waals surface area contributed by atoms with E-state index in [1.807, 2.05) is 77.9 Å². The third-order valence-electron chi connectivity index (χ3n) is 12.6. The molecule has 14 atom stereocenters. The second kappa shape index (κ2) is 20.9. The standard InChI is InChI=1S/C45H68N4O11S/c1-12-35-45(9,54)40-28(5)31(16-18-55-43(53)48-22-36-47-21-34(61-36)32-15-13-14-17-46-32)26(3)20-44(8,57-24-25(2)23-56-40)39(29(6)37(50)30(7)41(52)59-35)60-42-38(51)33(49(10)11)19-27(4)58-42/h13-17,21,26-30,33,35,37-40,42,50-51,54H,2,12,18-20,22-24H2,1,3-11H3,(H,48,53)/b31-16+/t26-,27-,28+,29+,30-,33+,35-,37+,38-,39-,40?,42?,44-,45-/m1/s1. The van der Waals surface area contributed by atoms with Gasteiger partial charge in [0.2, 0.25) is 0 Å². The minimum absolute atomic E-state index is 0.0115. The van der Waals surface area contributed by atoms with Gasteiger partial charge in [0.05, 0.1) is 66.3 Å². The van der Waals surface area contributed by atoms with E-state index in [-0.39, 0.29) is 50.8 Å². The predicted molar refractivity (Wildman–Crippen MR) is 230 cm³/mol. The molecule has 0 saturated carbocycles. The number of hydrogen-bond acceptors (Lipinski definition) is 15. The van der Waals surface area contributed by atoms with Crippen molar-refractivity contribution >= 4 is 23.4 Å². The number of alkyl carbamates (subject to hydrolysis) is 1. The highest BCUT2D eigenvalue weighted by Crippen LogP contribution is 2.43. The van der Waals surface area contributed by atoms with Crippen molar-refractivity contribution in [2.24, 2.45) is 23.7 Å². The molecule has 3 fully saturated rings. The molecule has 2 aromatic heterocycles. The highest BCUT2D eigenvalue weighted by molar-refractivity contribution is 7.15. The number of fused-ring (bicyclic) bond motifs is 5. The summed E-state index contributed by atoms with van der Waals surface area (Å²) in [5.74, 6) is -3.35. The zero-order valence-corrected chi connectivity index (χ0v) is 38.2. The van der Waals surface area contributed by atoms with Crippen molar-refractivity contribution in [2.75, 3.05) is 33.9 Å². The van der Waals surface area contributed by atoms with Crippen LogP contribution in [0.25, 0.3) is 10.6 Å². The molecule has 340 valence electrons. The van der Waals surface area contributed by atoms with Crippen LogP contribution < -0.4 is 5.32 Å².